The number of Topliss-reactive ketones (excluding diaryl/α,β-unsaturated/α-hetero) is 1. The summed E-state index contributed by atoms with van der Waals surface area (Å²) in [6.45, 7) is 1.54. The molecule has 1 saturated carbocycles. The maximum absolute atomic E-state index is 16.2. The van der Waals surface area contributed by atoms with Crippen LogP contribution in [0.1, 0.15) is 48.7 Å². The van der Waals surface area contributed by atoms with E-state index in [1.54, 1.807) is 19.2 Å². The van der Waals surface area contributed by atoms with Crippen LogP contribution in [-0.2, 0) is 4.79 Å². The highest BCUT2D eigenvalue weighted by Gasteiger charge is 2.23. The van der Waals surface area contributed by atoms with Crippen LogP contribution in [0.25, 0.3) is 55.2 Å². The second-order valence-corrected chi connectivity index (χ2v) is 11.7. The molecule has 1 aliphatic carbocycles. The van der Waals surface area contributed by atoms with Crippen molar-refractivity contribution in [3.05, 3.63) is 65.7 Å². The van der Waals surface area contributed by atoms with Crippen molar-refractivity contribution >= 4 is 50.7 Å². The van der Waals surface area contributed by atoms with E-state index in [1.807, 2.05) is 30.3 Å². The first-order valence-corrected chi connectivity index (χ1v) is 14.7. The zero-order valence-corrected chi connectivity index (χ0v) is 23.5. The van der Waals surface area contributed by atoms with Crippen molar-refractivity contribution in [3.63, 3.8) is 0 Å². The van der Waals surface area contributed by atoms with Gasteiger partial charge in [-0.15, -0.1) is 11.3 Å². The molecule has 0 atom stereocenters. The lowest BCUT2D eigenvalue weighted by Crippen LogP contribution is -2.24. The molecule has 210 valence electrons. The number of H-pyrrole nitrogens is 2. The summed E-state index contributed by atoms with van der Waals surface area (Å²) >= 11 is 1.41. The molecule has 0 bridgehead atoms. The molecule has 0 spiro atoms. The van der Waals surface area contributed by atoms with Gasteiger partial charge in [0.05, 0.1) is 44.9 Å². The molecular weight excluding hydrogens is 553 g/mol. The van der Waals surface area contributed by atoms with Gasteiger partial charge in [-0.25, -0.2) is 9.37 Å². The molecule has 1 fully saturated rings. The Kier molecular flexibility index (Phi) is 6.58. The molecule has 6 aromatic rings. The van der Waals surface area contributed by atoms with Crippen molar-refractivity contribution < 1.29 is 14.0 Å². The molecule has 1 amide bonds. The molecule has 42 heavy (non-hydrogen) atoms. The standard InChI is InChI=1S/C31H26FN7O2S/c1-16(40)23-10-11-24(42-23)20-8-5-9-21-28(20)37-30(36-21)29-25-22(38-39-29)15-34-27(26(25)32)18-12-19(14-33-13-18)35-31(41)17-6-3-2-4-7-17/h5,8-15,17H,2-4,6-7H2,1H3,(H,35,41)(H,36,37)(H,38,39). The first-order valence-electron chi connectivity index (χ1n) is 13.9. The number of carbonyl (C=O) groups is 2. The van der Waals surface area contributed by atoms with E-state index in [2.05, 4.69) is 30.5 Å². The van der Waals surface area contributed by atoms with E-state index in [9.17, 15) is 9.59 Å². The van der Waals surface area contributed by atoms with E-state index < -0.39 is 5.82 Å². The fourth-order valence-electron chi connectivity index (χ4n) is 5.61. The molecule has 0 aliphatic heterocycles. The van der Waals surface area contributed by atoms with Crippen LogP contribution in [0, 0.1) is 11.7 Å². The number of hydrogen-bond donors (Lipinski definition) is 3. The van der Waals surface area contributed by atoms with Gasteiger partial charge in [0, 0.05) is 28.1 Å². The van der Waals surface area contributed by atoms with Gasteiger partial charge in [0.2, 0.25) is 5.91 Å². The summed E-state index contributed by atoms with van der Waals surface area (Å²) in [5, 5.41) is 10.4. The molecule has 5 aromatic heterocycles. The van der Waals surface area contributed by atoms with Gasteiger partial charge in [-0.05, 0) is 44.0 Å². The Balaban J connectivity index is 1.25. The molecule has 5 heterocycles. The first kappa shape index (κ1) is 26.1. The van der Waals surface area contributed by atoms with Gasteiger partial charge in [-0.3, -0.25) is 24.7 Å². The number of imidazole rings is 1. The number of carbonyl (C=O) groups excluding carboxylic acids is 2. The highest BCUT2D eigenvalue weighted by Crippen LogP contribution is 2.37. The molecule has 1 aliphatic rings. The number of amides is 1. The fourth-order valence-corrected chi connectivity index (χ4v) is 6.54. The molecule has 1 aromatic carbocycles. The predicted octanol–water partition coefficient (Wildman–Crippen LogP) is 7.15. The zero-order chi connectivity index (χ0) is 28.8. The van der Waals surface area contributed by atoms with E-state index in [0.717, 1.165) is 48.1 Å². The number of nitrogens with one attached hydrogen (secondary N) is 3. The molecular formula is C31H26FN7O2S. The average molecular weight is 580 g/mol. The minimum atomic E-state index is -0.571. The SMILES string of the molecule is CC(=O)c1ccc(-c2cccc3[nH]c(-c4n[nH]c5cnc(-c6cncc(NC(=O)C7CCCCC7)c6)c(F)c45)nc23)s1. The van der Waals surface area contributed by atoms with Crippen LogP contribution in [0.2, 0.25) is 0 Å². The smallest absolute Gasteiger partial charge is 0.227 e. The number of aromatic amines is 2. The lowest BCUT2D eigenvalue weighted by molar-refractivity contribution is -0.120. The highest BCUT2D eigenvalue weighted by atomic mass is 32.1. The summed E-state index contributed by atoms with van der Waals surface area (Å²) in [6, 6.07) is 11.2. The molecule has 0 saturated heterocycles. The summed E-state index contributed by atoms with van der Waals surface area (Å²) < 4.78 is 16.2. The Morgan fingerprint density at radius 2 is 1.88 bits per heavy atom. The number of fused-ring (bicyclic) bond motifs is 2. The fraction of sp³-hybridized carbons (Fsp3) is 0.226. The summed E-state index contributed by atoms with van der Waals surface area (Å²) in [5.41, 5.74) is 4.10. The topological polar surface area (TPSA) is 129 Å². The second kappa shape index (κ2) is 10.6. The number of rotatable bonds is 6. The molecule has 7 rings (SSSR count). The largest absolute Gasteiger partial charge is 0.337 e. The minimum Gasteiger partial charge on any atom is -0.337 e. The van der Waals surface area contributed by atoms with Crippen LogP contribution >= 0.6 is 11.3 Å². The lowest BCUT2D eigenvalue weighted by atomic mass is 9.88. The van der Waals surface area contributed by atoms with Crippen LogP contribution in [-0.4, -0.2) is 41.8 Å². The normalized spacial score (nSPS) is 14.0. The maximum Gasteiger partial charge on any atom is 0.227 e. The molecule has 9 nitrogen and oxygen atoms in total. The van der Waals surface area contributed by atoms with E-state index in [-0.39, 0.29) is 28.7 Å². The van der Waals surface area contributed by atoms with Crippen molar-refractivity contribution in [1.82, 2.24) is 30.1 Å². The van der Waals surface area contributed by atoms with E-state index in [4.69, 9.17) is 4.98 Å². The van der Waals surface area contributed by atoms with Crippen LogP contribution in [0.4, 0.5) is 10.1 Å². The number of pyridine rings is 2. The summed E-state index contributed by atoms with van der Waals surface area (Å²) in [6.07, 6.45) is 9.65. The Morgan fingerprint density at radius 3 is 2.69 bits per heavy atom. The molecule has 3 N–H and O–H groups in total. The summed E-state index contributed by atoms with van der Waals surface area (Å²) in [7, 11) is 0. The quantitative estimate of drug-likeness (QED) is 0.180. The summed E-state index contributed by atoms with van der Waals surface area (Å²) in [5.74, 6) is -0.202. The van der Waals surface area contributed by atoms with Gasteiger partial charge in [-0.2, -0.15) is 5.10 Å². The third kappa shape index (κ3) is 4.65. The Labute approximate surface area is 243 Å². The third-order valence-electron chi connectivity index (χ3n) is 7.76. The van der Waals surface area contributed by atoms with Gasteiger partial charge in [0.25, 0.3) is 0 Å². The van der Waals surface area contributed by atoms with Crippen LogP contribution in [0.3, 0.4) is 0 Å². The number of nitrogens with zero attached hydrogens (tertiary/aromatic N) is 4. The molecule has 0 radical (unpaired) electrons. The van der Waals surface area contributed by atoms with Crippen molar-refractivity contribution in [2.75, 3.05) is 5.32 Å². The van der Waals surface area contributed by atoms with E-state index in [0.29, 0.717) is 38.7 Å². The number of hydrogen-bond acceptors (Lipinski definition) is 7. The monoisotopic (exact) mass is 579 g/mol. The van der Waals surface area contributed by atoms with Gasteiger partial charge >= 0.3 is 0 Å². The number of benzene rings is 1. The number of anilines is 1. The Morgan fingerprint density at radius 1 is 1.02 bits per heavy atom. The Hall–Kier alpha value is -4.77. The minimum absolute atomic E-state index is 0.0105. The van der Waals surface area contributed by atoms with Crippen molar-refractivity contribution in [1.29, 1.82) is 0 Å². The lowest BCUT2D eigenvalue weighted by Gasteiger charge is -2.20. The van der Waals surface area contributed by atoms with Crippen molar-refractivity contribution in [2.45, 2.75) is 39.0 Å². The number of aromatic nitrogens is 6. The molecule has 11 heteroatoms. The van der Waals surface area contributed by atoms with E-state index >= 15 is 4.39 Å². The number of para-hydroxylation sites is 1. The summed E-state index contributed by atoms with van der Waals surface area (Å²) in [4.78, 5) is 42.9. The Bertz CT molecular complexity index is 1990. The van der Waals surface area contributed by atoms with E-state index in [1.165, 1.54) is 23.7 Å². The van der Waals surface area contributed by atoms with Gasteiger partial charge in [0.15, 0.2) is 17.4 Å². The first-order chi connectivity index (χ1) is 20.5. The molecule has 0 unspecified atom stereocenters. The highest BCUT2D eigenvalue weighted by molar-refractivity contribution is 7.17. The van der Waals surface area contributed by atoms with Crippen LogP contribution in [0.5, 0.6) is 0 Å². The number of thiophene rings is 1. The zero-order valence-electron chi connectivity index (χ0n) is 22.7. The maximum atomic E-state index is 16.2. The van der Waals surface area contributed by atoms with Gasteiger partial charge in [0.1, 0.15) is 11.4 Å². The van der Waals surface area contributed by atoms with Gasteiger partial charge < -0.3 is 10.3 Å². The number of ketones is 1. The van der Waals surface area contributed by atoms with Crippen molar-refractivity contribution in [2.24, 2.45) is 5.92 Å². The van der Waals surface area contributed by atoms with Crippen LogP contribution in [0.15, 0.2) is 55.0 Å². The van der Waals surface area contributed by atoms with Gasteiger partial charge in [-0.1, -0.05) is 31.4 Å². The second-order valence-electron chi connectivity index (χ2n) is 10.6. The van der Waals surface area contributed by atoms with Crippen LogP contribution < -0.4 is 5.32 Å². The average Bonchev–Trinajstić information content (AvgIpc) is 3.76. The number of halogens is 1. The predicted molar refractivity (Wildman–Crippen MR) is 161 cm³/mol. The van der Waals surface area contributed by atoms with Crippen molar-refractivity contribution in [3.8, 4) is 33.2 Å². The third-order valence-corrected chi connectivity index (χ3v) is 8.97.